The number of anilines is 1. The van der Waals surface area contributed by atoms with E-state index in [2.05, 4.69) is 10.3 Å². The largest absolute Gasteiger partial charge is 0.436 e. The first-order chi connectivity index (χ1) is 12.1. The van der Waals surface area contributed by atoms with Gasteiger partial charge in [-0.3, -0.25) is 14.9 Å². The number of amides is 3. The van der Waals surface area contributed by atoms with Crippen LogP contribution in [0, 0.1) is 0 Å². The van der Waals surface area contributed by atoms with Gasteiger partial charge in [0.15, 0.2) is 0 Å². The van der Waals surface area contributed by atoms with Gasteiger partial charge in [-0.1, -0.05) is 30.3 Å². The zero-order valence-corrected chi connectivity index (χ0v) is 13.1. The lowest BCUT2D eigenvalue weighted by atomic mass is 10.1. The van der Waals surface area contributed by atoms with E-state index in [0.717, 1.165) is 16.3 Å². The highest BCUT2D eigenvalue weighted by Crippen LogP contribution is 2.25. The summed E-state index contributed by atoms with van der Waals surface area (Å²) in [6.45, 7) is 0. The molecular weight excluding hydrogens is 322 g/mol. The predicted molar refractivity (Wildman–Crippen MR) is 90.4 cm³/mol. The highest BCUT2D eigenvalue weighted by Gasteiger charge is 2.33. The number of imide groups is 1. The lowest BCUT2D eigenvalue weighted by molar-refractivity contribution is -0.170. The Kier molecular flexibility index (Phi) is 3.53. The van der Waals surface area contributed by atoms with Crippen LogP contribution in [0.3, 0.4) is 0 Å². The van der Waals surface area contributed by atoms with Crippen LogP contribution < -0.4 is 5.32 Å². The van der Waals surface area contributed by atoms with Gasteiger partial charge < -0.3 is 4.84 Å². The van der Waals surface area contributed by atoms with Crippen LogP contribution in [0.25, 0.3) is 21.8 Å². The molecule has 0 radical (unpaired) electrons. The van der Waals surface area contributed by atoms with Crippen LogP contribution in [0.5, 0.6) is 0 Å². The molecule has 1 N–H and O–H groups in total. The summed E-state index contributed by atoms with van der Waals surface area (Å²) in [4.78, 5) is 44.5. The second-order valence-electron chi connectivity index (χ2n) is 5.64. The van der Waals surface area contributed by atoms with Crippen molar-refractivity contribution in [3.63, 3.8) is 0 Å². The Balaban J connectivity index is 1.64. The molecule has 25 heavy (non-hydrogen) atoms. The summed E-state index contributed by atoms with van der Waals surface area (Å²) in [6, 6.07) is 15.0. The van der Waals surface area contributed by atoms with Crippen molar-refractivity contribution in [3.05, 3.63) is 48.5 Å². The molecule has 0 aliphatic carbocycles. The van der Waals surface area contributed by atoms with Crippen molar-refractivity contribution in [3.8, 4) is 0 Å². The first-order valence-corrected chi connectivity index (χ1v) is 7.75. The van der Waals surface area contributed by atoms with Gasteiger partial charge in [0.25, 0.3) is 11.8 Å². The lowest BCUT2D eigenvalue weighted by Gasteiger charge is -2.14. The fraction of sp³-hybridized carbons (Fsp3) is 0.111. The van der Waals surface area contributed by atoms with E-state index in [1.54, 1.807) is 12.1 Å². The van der Waals surface area contributed by atoms with Gasteiger partial charge in [-0.05, 0) is 18.2 Å². The molecule has 7 nitrogen and oxygen atoms in total. The van der Waals surface area contributed by atoms with E-state index in [4.69, 9.17) is 4.84 Å². The quantitative estimate of drug-likeness (QED) is 0.574. The van der Waals surface area contributed by atoms with Gasteiger partial charge in [0, 0.05) is 23.6 Å². The summed E-state index contributed by atoms with van der Waals surface area (Å²) in [5, 5.41) is 4.89. The number of hydrogen-bond donors (Lipinski definition) is 1. The van der Waals surface area contributed by atoms with Crippen LogP contribution in [0.1, 0.15) is 12.8 Å². The Bertz CT molecular complexity index is 1020. The molecule has 3 aromatic rings. The van der Waals surface area contributed by atoms with Gasteiger partial charge in [0.05, 0.1) is 16.7 Å². The topological polar surface area (TPSA) is 88.6 Å². The lowest BCUT2D eigenvalue weighted by Crippen LogP contribution is -2.33. The number of benzene rings is 2. The number of para-hydroxylation sites is 2. The highest BCUT2D eigenvalue weighted by molar-refractivity contribution is 6.04. The van der Waals surface area contributed by atoms with Crippen molar-refractivity contribution in [1.29, 1.82) is 0 Å². The molecule has 2 aromatic carbocycles. The first-order valence-electron chi connectivity index (χ1n) is 7.75. The van der Waals surface area contributed by atoms with Crippen LogP contribution in [0.4, 0.5) is 10.5 Å². The molecule has 1 aliphatic heterocycles. The van der Waals surface area contributed by atoms with E-state index in [9.17, 15) is 14.4 Å². The number of rotatable bonds is 2. The zero-order valence-electron chi connectivity index (χ0n) is 13.1. The molecule has 1 saturated heterocycles. The fourth-order valence-electron chi connectivity index (χ4n) is 2.78. The third-order valence-electron chi connectivity index (χ3n) is 3.96. The number of carbonyl (C=O) groups excluding carboxylic acids is 3. The number of pyridine rings is 1. The van der Waals surface area contributed by atoms with Crippen LogP contribution >= 0.6 is 0 Å². The molecule has 0 bridgehead atoms. The summed E-state index contributed by atoms with van der Waals surface area (Å²) in [7, 11) is 0. The monoisotopic (exact) mass is 335 g/mol. The Morgan fingerprint density at radius 3 is 2.52 bits per heavy atom. The molecule has 1 aliphatic rings. The van der Waals surface area contributed by atoms with E-state index in [0.29, 0.717) is 16.3 Å². The number of fused-ring (bicyclic) bond motifs is 2. The van der Waals surface area contributed by atoms with Gasteiger partial charge in [0.2, 0.25) is 0 Å². The van der Waals surface area contributed by atoms with Crippen LogP contribution in [0.15, 0.2) is 48.5 Å². The van der Waals surface area contributed by atoms with Crippen LogP contribution in [-0.2, 0) is 14.4 Å². The summed E-state index contributed by atoms with van der Waals surface area (Å²) in [5.41, 5.74) is 1.83. The maximum absolute atomic E-state index is 12.1. The molecule has 0 spiro atoms. The normalized spacial score (nSPS) is 14.3. The number of aromatic nitrogens is 1. The van der Waals surface area contributed by atoms with E-state index in [-0.39, 0.29) is 12.8 Å². The first kappa shape index (κ1) is 15.1. The third-order valence-corrected chi connectivity index (χ3v) is 3.96. The second kappa shape index (κ2) is 5.86. The average Bonchev–Trinajstić information content (AvgIpc) is 2.92. The van der Waals surface area contributed by atoms with E-state index in [1.807, 2.05) is 36.4 Å². The minimum Gasteiger partial charge on any atom is -0.311 e. The molecule has 1 aromatic heterocycles. The highest BCUT2D eigenvalue weighted by atomic mass is 16.7. The number of nitrogens with zero attached hydrogens (tertiary/aromatic N) is 2. The molecule has 0 atom stereocenters. The maximum atomic E-state index is 12.1. The number of hydroxylamine groups is 2. The molecule has 4 rings (SSSR count). The van der Waals surface area contributed by atoms with Crippen molar-refractivity contribution in [2.45, 2.75) is 12.8 Å². The summed E-state index contributed by atoms with van der Waals surface area (Å²) >= 11 is 0. The minimum absolute atomic E-state index is 0.0495. The van der Waals surface area contributed by atoms with Crippen LogP contribution in [0.2, 0.25) is 0 Å². The van der Waals surface area contributed by atoms with Crippen molar-refractivity contribution in [2.24, 2.45) is 0 Å². The summed E-state index contributed by atoms with van der Waals surface area (Å²) in [6.07, 6.45) is -0.812. The maximum Gasteiger partial charge on any atom is 0.436 e. The van der Waals surface area contributed by atoms with Gasteiger partial charge in [-0.15, -0.1) is 5.06 Å². The molecule has 3 amide bonds. The van der Waals surface area contributed by atoms with Gasteiger partial charge in [0.1, 0.15) is 0 Å². The Labute approximate surface area is 142 Å². The second-order valence-corrected chi connectivity index (χ2v) is 5.64. The summed E-state index contributed by atoms with van der Waals surface area (Å²) in [5.74, 6) is -1.05. The predicted octanol–water partition coefficient (Wildman–Crippen LogP) is 3.00. The van der Waals surface area contributed by atoms with Crippen LogP contribution in [-0.4, -0.2) is 28.0 Å². The zero-order chi connectivity index (χ0) is 17.4. The molecule has 7 heteroatoms. The number of carbonyl (C=O) groups is 3. The Hall–Kier alpha value is -3.48. The third kappa shape index (κ3) is 2.76. The van der Waals surface area contributed by atoms with Gasteiger partial charge >= 0.3 is 6.09 Å². The Morgan fingerprint density at radius 2 is 1.72 bits per heavy atom. The van der Waals surface area contributed by atoms with Crippen molar-refractivity contribution < 1.29 is 19.2 Å². The van der Waals surface area contributed by atoms with E-state index < -0.39 is 17.9 Å². The SMILES string of the molecule is O=C(Nc1cccc2cc3ccccc3nc12)ON1C(=O)CCC1=O. The van der Waals surface area contributed by atoms with E-state index >= 15 is 0 Å². The smallest absolute Gasteiger partial charge is 0.311 e. The molecule has 1 fully saturated rings. The Morgan fingerprint density at radius 1 is 1.00 bits per heavy atom. The van der Waals surface area contributed by atoms with Gasteiger partial charge in [-0.2, -0.15) is 0 Å². The molecule has 124 valence electrons. The number of hydrogen-bond acceptors (Lipinski definition) is 5. The average molecular weight is 335 g/mol. The fourth-order valence-corrected chi connectivity index (χ4v) is 2.78. The summed E-state index contributed by atoms with van der Waals surface area (Å²) < 4.78 is 0. The molecule has 2 heterocycles. The molecule has 0 saturated carbocycles. The van der Waals surface area contributed by atoms with Crippen molar-refractivity contribution >= 4 is 45.4 Å². The van der Waals surface area contributed by atoms with Crippen molar-refractivity contribution in [2.75, 3.05) is 5.32 Å². The standard InChI is InChI=1S/C18H13N3O4/c22-15-8-9-16(23)21(15)25-18(24)20-14-7-3-5-12-10-11-4-1-2-6-13(11)19-17(12)14/h1-7,10H,8-9H2,(H,20,24). The van der Waals surface area contributed by atoms with Gasteiger partial charge in [-0.25, -0.2) is 9.78 Å². The number of nitrogens with one attached hydrogen (secondary N) is 1. The van der Waals surface area contributed by atoms with Crippen molar-refractivity contribution in [1.82, 2.24) is 10.0 Å². The molecular formula is C18H13N3O4. The van der Waals surface area contributed by atoms with E-state index in [1.165, 1.54) is 0 Å². The molecule has 0 unspecified atom stereocenters. The minimum atomic E-state index is -0.911.